The summed E-state index contributed by atoms with van der Waals surface area (Å²) in [6.07, 6.45) is 4.39. The zero-order valence-corrected chi connectivity index (χ0v) is 15.3. The molecule has 0 unspecified atom stereocenters. The van der Waals surface area contributed by atoms with Crippen molar-refractivity contribution in [1.82, 2.24) is 15.2 Å². The van der Waals surface area contributed by atoms with E-state index >= 15 is 0 Å². The second kappa shape index (κ2) is 8.54. The van der Waals surface area contributed by atoms with Crippen LogP contribution in [0.5, 0.6) is 0 Å². The third-order valence-electron chi connectivity index (χ3n) is 4.59. The molecule has 0 aliphatic carbocycles. The van der Waals surface area contributed by atoms with Crippen molar-refractivity contribution in [1.29, 1.82) is 0 Å². The first-order valence-corrected chi connectivity index (χ1v) is 9.79. The molecule has 0 spiro atoms. The van der Waals surface area contributed by atoms with E-state index in [0.29, 0.717) is 16.3 Å². The SMILES string of the molecule is CCCCN1CCC(NC(=O)c2csc(-c3ccccc3F)n2)CC1. The Labute approximate surface area is 152 Å². The first kappa shape index (κ1) is 18.0. The van der Waals surface area contributed by atoms with E-state index in [1.54, 1.807) is 23.6 Å². The molecule has 1 fully saturated rings. The Balaban J connectivity index is 1.55. The molecule has 2 aromatic rings. The molecule has 25 heavy (non-hydrogen) atoms. The minimum absolute atomic E-state index is 0.161. The van der Waals surface area contributed by atoms with Gasteiger partial charge in [0.05, 0.1) is 0 Å². The highest BCUT2D eigenvalue weighted by molar-refractivity contribution is 7.13. The number of rotatable bonds is 6. The van der Waals surface area contributed by atoms with Gasteiger partial charge in [0, 0.05) is 30.1 Å². The molecular formula is C19H24FN3OS. The lowest BCUT2D eigenvalue weighted by molar-refractivity contribution is 0.0906. The molecule has 0 radical (unpaired) electrons. The number of hydrogen-bond acceptors (Lipinski definition) is 4. The van der Waals surface area contributed by atoms with E-state index in [9.17, 15) is 9.18 Å². The number of carbonyl (C=O) groups excluding carboxylic acids is 1. The van der Waals surface area contributed by atoms with Crippen LogP contribution in [-0.4, -0.2) is 41.5 Å². The molecule has 2 heterocycles. The van der Waals surface area contributed by atoms with Gasteiger partial charge in [0.15, 0.2) is 0 Å². The number of halogens is 1. The van der Waals surface area contributed by atoms with Gasteiger partial charge < -0.3 is 10.2 Å². The first-order valence-electron chi connectivity index (χ1n) is 8.91. The Hall–Kier alpha value is -1.79. The fourth-order valence-electron chi connectivity index (χ4n) is 3.08. The van der Waals surface area contributed by atoms with Crippen LogP contribution in [0.15, 0.2) is 29.6 Å². The number of thiazole rings is 1. The number of nitrogens with zero attached hydrogens (tertiary/aromatic N) is 2. The summed E-state index contributed by atoms with van der Waals surface area (Å²) in [5.74, 6) is -0.478. The number of benzene rings is 1. The van der Waals surface area contributed by atoms with Gasteiger partial charge in [-0.15, -0.1) is 11.3 Å². The Bertz CT molecular complexity index is 710. The van der Waals surface area contributed by atoms with Crippen molar-refractivity contribution in [3.63, 3.8) is 0 Å². The van der Waals surface area contributed by atoms with Crippen molar-refractivity contribution in [2.45, 2.75) is 38.6 Å². The summed E-state index contributed by atoms with van der Waals surface area (Å²) in [5, 5.41) is 5.32. The van der Waals surface area contributed by atoms with Crippen LogP contribution in [0.4, 0.5) is 4.39 Å². The Morgan fingerprint density at radius 1 is 1.36 bits per heavy atom. The van der Waals surface area contributed by atoms with E-state index in [1.807, 2.05) is 0 Å². The molecule has 1 aromatic carbocycles. The average molecular weight is 361 g/mol. The molecule has 0 saturated carbocycles. The Morgan fingerprint density at radius 3 is 2.84 bits per heavy atom. The minimum atomic E-state index is -0.316. The third-order valence-corrected chi connectivity index (χ3v) is 5.47. The Kier molecular flexibility index (Phi) is 6.15. The highest BCUT2D eigenvalue weighted by atomic mass is 32.1. The van der Waals surface area contributed by atoms with Gasteiger partial charge in [-0.2, -0.15) is 0 Å². The van der Waals surface area contributed by atoms with Gasteiger partial charge in [-0.25, -0.2) is 9.37 Å². The summed E-state index contributed by atoms with van der Waals surface area (Å²) in [4.78, 5) is 19.2. The smallest absolute Gasteiger partial charge is 0.270 e. The standard InChI is InChI=1S/C19H24FN3OS/c1-2-3-10-23-11-8-14(9-12-23)21-18(24)17-13-25-19(22-17)15-6-4-5-7-16(15)20/h4-7,13-14H,2-3,8-12H2,1H3,(H,21,24). The van der Waals surface area contributed by atoms with Gasteiger partial charge in [0.2, 0.25) is 0 Å². The minimum Gasteiger partial charge on any atom is -0.348 e. The highest BCUT2D eigenvalue weighted by Gasteiger charge is 2.22. The van der Waals surface area contributed by atoms with Gasteiger partial charge in [0.1, 0.15) is 16.5 Å². The van der Waals surface area contributed by atoms with Crippen molar-refractivity contribution in [3.05, 3.63) is 41.2 Å². The van der Waals surface area contributed by atoms with Crippen LogP contribution in [0, 0.1) is 5.82 Å². The maximum absolute atomic E-state index is 13.8. The van der Waals surface area contributed by atoms with Crippen LogP contribution in [0.1, 0.15) is 43.1 Å². The van der Waals surface area contributed by atoms with E-state index in [-0.39, 0.29) is 17.8 Å². The number of hydrogen-bond donors (Lipinski definition) is 1. The van der Waals surface area contributed by atoms with Crippen LogP contribution in [0.2, 0.25) is 0 Å². The zero-order chi connectivity index (χ0) is 17.6. The lowest BCUT2D eigenvalue weighted by atomic mass is 10.0. The molecule has 0 atom stereocenters. The van der Waals surface area contributed by atoms with E-state index in [1.165, 1.54) is 30.2 Å². The largest absolute Gasteiger partial charge is 0.348 e. The fraction of sp³-hybridized carbons (Fsp3) is 0.474. The number of piperidine rings is 1. The number of unbranched alkanes of at least 4 members (excludes halogenated alkanes) is 1. The third kappa shape index (κ3) is 4.64. The van der Waals surface area contributed by atoms with Gasteiger partial charge in [-0.3, -0.25) is 4.79 Å². The van der Waals surface area contributed by atoms with E-state index in [4.69, 9.17) is 0 Å². The number of nitrogens with one attached hydrogen (secondary N) is 1. The van der Waals surface area contributed by atoms with Gasteiger partial charge in [-0.1, -0.05) is 25.5 Å². The summed E-state index contributed by atoms with van der Waals surface area (Å²) in [7, 11) is 0. The predicted octanol–water partition coefficient (Wildman–Crippen LogP) is 3.94. The number of aromatic nitrogens is 1. The maximum atomic E-state index is 13.8. The first-order chi connectivity index (χ1) is 12.2. The quantitative estimate of drug-likeness (QED) is 0.847. The topological polar surface area (TPSA) is 45.2 Å². The van der Waals surface area contributed by atoms with E-state index < -0.39 is 0 Å². The van der Waals surface area contributed by atoms with Crippen molar-refractivity contribution >= 4 is 17.2 Å². The number of likely N-dealkylation sites (tertiary alicyclic amines) is 1. The molecule has 3 rings (SSSR count). The lowest BCUT2D eigenvalue weighted by Gasteiger charge is -2.32. The molecule has 1 N–H and O–H groups in total. The molecule has 4 nitrogen and oxygen atoms in total. The summed E-state index contributed by atoms with van der Waals surface area (Å²) in [5.41, 5.74) is 0.812. The number of amides is 1. The van der Waals surface area contributed by atoms with Gasteiger partial charge in [-0.05, 0) is 37.9 Å². The molecule has 1 aromatic heterocycles. The molecule has 6 heteroatoms. The average Bonchev–Trinajstić information content (AvgIpc) is 3.11. The molecular weight excluding hydrogens is 337 g/mol. The summed E-state index contributed by atoms with van der Waals surface area (Å²) in [6, 6.07) is 6.70. The normalized spacial score (nSPS) is 16.1. The molecule has 1 aliphatic rings. The second-order valence-corrected chi connectivity index (χ2v) is 7.32. The lowest BCUT2D eigenvalue weighted by Crippen LogP contribution is -2.44. The van der Waals surface area contributed by atoms with Crippen molar-refractivity contribution in [3.8, 4) is 10.6 Å². The monoisotopic (exact) mass is 361 g/mol. The van der Waals surface area contributed by atoms with Crippen molar-refractivity contribution < 1.29 is 9.18 Å². The summed E-state index contributed by atoms with van der Waals surface area (Å²) >= 11 is 1.30. The zero-order valence-electron chi connectivity index (χ0n) is 14.5. The van der Waals surface area contributed by atoms with E-state index in [2.05, 4.69) is 22.1 Å². The number of carbonyl (C=O) groups is 1. The molecule has 1 amide bonds. The van der Waals surface area contributed by atoms with Crippen LogP contribution in [0.3, 0.4) is 0 Å². The molecule has 1 saturated heterocycles. The van der Waals surface area contributed by atoms with Crippen LogP contribution in [-0.2, 0) is 0 Å². The van der Waals surface area contributed by atoms with Crippen LogP contribution < -0.4 is 5.32 Å². The van der Waals surface area contributed by atoms with Crippen molar-refractivity contribution in [2.75, 3.05) is 19.6 Å². The predicted molar refractivity (Wildman–Crippen MR) is 99.3 cm³/mol. The second-order valence-electron chi connectivity index (χ2n) is 6.46. The van der Waals surface area contributed by atoms with Crippen LogP contribution in [0.25, 0.3) is 10.6 Å². The highest BCUT2D eigenvalue weighted by Crippen LogP contribution is 2.26. The summed E-state index contributed by atoms with van der Waals surface area (Å²) in [6.45, 7) is 5.41. The van der Waals surface area contributed by atoms with E-state index in [0.717, 1.165) is 32.5 Å². The fourth-order valence-corrected chi connectivity index (χ4v) is 3.90. The van der Waals surface area contributed by atoms with Crippen molar-refractivity contribution in [2.24, 2.45) is 0 Å². The van der Waals surface area contributed by atoms with Crippen LogP contribution >= 0.6 is 11.3 Å². The maximum Gasteiger partial charge on any atom is 0.270 e. The molecule has 0 bridgehead atoms. The molecule has 134 valence electrons. The summed E-state index contributed by atoms with van der Waals surface area (Å²) < 4.78 is 13.8. The van der Waals surface area contributed by atoms with Gasteiger partial charge in [0.25, 0.3) is 5.91 Å². The molecule has 1 aliphatic heterocycles. The Morgan fingerprint density at radius 2 is 2.12 bits per heavy atom. The van der Waals surface area contributed by atoms with Gasteiger partial charge >= 0.3 is 0 Å².